The number of aromatic nitrogens is 3. The third-order valence-corrected chi connectivity index (χ3v) is 6.00. The maximum Gasteiger partial charge on any atom is 0.413 e. The van der Waals surface area contributed by atoms with Crippen LogP contribution in [0.4, 0.5) is 10.5 Å². The summed E-state index contributed by atoms with van der Waals surface area (Å²) >= 11 is 0. The van der Waals surface area contributed by atoms with Gasteiger partial charge in [0.05, 0.1) is 36.4 Å². The number of methoxy groups -OCH3 is 1. The van der Waals surface area contributed by atoms with Crippen LogP contribution in [-0.4, -0.2) is 58.7 Å². The SMILES string of the molecule is COC(=O)N(C)c1cncc(-n2ccc3cc(C(=O)N4CCC(C)(C)CC4)cnc32)c1. The van der Waals surface area contributed by atoms with E-state index in [2.05, 4.69) is 23.8 Å². The molecule has 0 unspecified atom stereocenters. The van der Waals surface area contributed by atoms with E-state index < -0.39 is 6.09 Å². The van der Waals surface area contributed by atoms with Crippen LogP contribution in [0.1, 0.15) is 37.0 Å². The molecule has 0 saturated carbocycles. The van der Waals surface area contributed by atoms with E-state index in [1.807, 2.05) is 33.9 Å². The summed E-state index contributed by atoms with van der Waals surface area (Å²) in [4.78, 5) is 36.9. The third kappa shape index (κ3) is 4.10. The summed E-state index contributed by atoms with van der Waals surface area (Å²) in [6.45, 7) is 6.05. The molecule has 8 nitrogen and oxygen atoms in total. The van der Waals surface area contributed by atoms with E-state index in [-0.39, 0.29) is 5.91 Å². The minimum absolute atomic E-state index is 0.0287. The molecule has 162 valence electrons. The maximum absolute atomic E-state index is 13.0. The van der Waals surface area contributed by atoms with Crippen molar-refractivity contribution >= 4 is 28.7 Å². The van der Waals surface area contributed by atoms with Crippen LogP contribution < -0.4 is 4.90 Å². The highest BCUT2D eigenvalue weighted by Crippen LogP contribution is 2.30. The molecule has 31 heavy (non-hydrogen) atoms. The van der Waals surface area contributed by atoms with E-state index in [1.54, 1.807) is 25.6 Å². The smallest absolute Gasteiger partial charge is 0.413 e. The van der Waals surface area contributed by atoms with Crippen LogP contribution in [0, 0.1) is 5.41 Å². The van der Waals surface area contributed by atoms with Crippen molar-refractivity contribution in [3.8, 4) is 5.69 Å². The Hall–Kier alpha value is -3.42. The molecule has 2 amide bonds. The van der Waals surface area contributed by atoms with Gasteiger partial charge in [-0.05, 0) is 36.5 Å². The Bertz CT molecular complexity index is 1130. The van der Waals surface area contributed by atoms with Crippen LogP contribution in [0.2, 0.25) is 0 Å². The summed E-state index contributed by atoms with van der Waals surface area (Å²) < 4.78 is 6.65. The van der Waals surface area contributed by atoms with Gasteiger partial charge in [-0.15, -0.1) is 0 Å². The highest BCUT2D eigenvalue weighted by Gasteiger charge is 2.28. The lowest BCUT2D eigenvalue weighted by atomic mass is 9.82. The Morgan fingerprint density at radius 2 is 1.87 bits per heavy atom. The Balaban J connectivity index is 1.60. The number of piperidine rings is 1. The molecule has 3 aromatic rings. The number of carbonyl (C=O) groups is 2. The molecule has 1 aliphatic heterocycles. The summed E-state index contributed by atoms with van der Waals surface area (Å²) in [5, 5.41) is 0.870. The van der Waals surface area contributed by atoms with E-state index in [9.17, 15) is 9.59 Å². The minimum atomic E-state index is -0.473. The molecule has 0 bridgehead atoms. The fourth-order valence-electron chi connectivity index (χ4n) is 3.82. The molecular weight excluding hydrogens is 394 g/mol. The average Bonchev–Trinajstić information content (AvgIpc) is 3.21. The van der Waals surface area contributed by atoms with E-state index >= 15 is 0 Å². The molecule has 4 heterocycles. The second kappa shape index (κ2) is 8.02. The topological polar surface area (TPSA) is 80.6 Å². The van der Waals surface area contributed by atoms with Crippen molar-refractivity contribution in [2.75, 3.05) is 32.1 Å². The molecule has 1 saturated heterocycles. The Morgan fingerprint density at radius 3 is 2.58 bits per heavy atom. The quantitative estimate of drug-likeness (QED) is 0.641. The Labute approximate surface area is 181 Å². The van der Waals surface area contributed by atoms with Crippen molar-refractivity contribution in [1.29, 1.82) is 0 Å². The van der Waals surface area contributed by atoms with E-state index in [4.69, 9.17) is 4.74 Å². The number of fused-ring (bicyclic) bond motifs is 1. The highest BCUT2D eigenvalue weighted by molar-refractivity contribution is 5.97. The molecule has 0 N–H and O–H groups in total. The molecule has 0 aromatic carbocycles. The predicted molar refractivity (Wildman–Crippen MR) is 119 cm³/mol. The number of nitrogens with zero attached hydrogens (tertiary/aromatic N) is 5. The molecular formula is C23H27N5O3. The van der Waals surface area contributed by atoms with E-state index in [1.165, 1.54) is 12.0 Å². The first-order valence-electron chi connectivity index (χ1n) is 10.3. The van der Waals surface area contributed by atoms with Gasteiger partial charge in [0.1, 0.15) is 5.65 Å². The van der Waals surface area contributed by atoms with Gasteiger partial charge in [0, 0.05) is 37.9 Å². The number of hydrogen-bond donors (Lipinski definition) is 0. The van der Waals surface area contributed by atoms with Crippen molar-refractivity contribution in [3.63, 3.8) is 0 Å². The first kappa shape index (κ1) is 20.8. The molecule has 0 aliphatic carbocycles. The lowest BCUT2D eigenvalue weighted by molar-refractivity contribution is 0.0630. The summed E-state index contributed by atoms with van der Waals surface area (Å²) in [5.41, 5.74) is 2.97. The zero-order valence-electron chi connectivity index (χ0n) is 18.3. The van der Waals surface area contributed by atoms with Gasteiger partial charge >= 0.3 is 6.09 Å². The van der Waals surface area contributed by atoms with Crippen molar-refractivity contribution in [1.82, 2.24) is 19.4 Å². The standard InChI is InChI=1S/C23H27N5O3/c1-23(2)6-9-27(10-7-23)21(29)17-11-16-5-8-28(20(16)25-13-17)19-12-18(14-24-15-19)26(3)22(30)31-4/h5,8,11-15H,6-7,9-10H2,1-4H3. The van der Waals surface area contributed by atoms with Crippen molar-refractivity contribution in [2.24, 2.45) is 5.41 Å². The van der Waals surface area contributed by atoms with Gasteiger partial charge < -0.3 is 9.64 Å². The lowest BCUT2D eigenvalue weighted by Gasteiger charge is -2.36. The fourth-order valence-corrected chi connectivity index (χ4v) is 3.82. The van der Waals surface area contributed by atoms with Crippen molar-refractivity contribution in [2.45, 2.75) is 26.7 Å². The third-order valence-electron chi connectivity index (χ3n) is 6.00. The molecule has 1 fully saturated rings. The summed E-state index contributed by atoms with van der Waals surface area (Å²) in [5.74, 6) is 0.0287. The molecule has 0 atom stereocenters. The second-order valence-corrected chi connectivity index (χ2v) is 8.71. The monoisotopic (exact) mass is 421 g/mol. The van der Waals surface area contributed by atoms with Gasteiger partial charge in [-0.25, -0.2) is 9.78 Å². The van der Waals surface area contributed by atoms with E-state index in [0.29, 0.717) is 16.7 Å². The molecule has 3 aromatic heterocycles. The van der Waals surface area contributed by atoms with Gasteiger partial charge in [-0.2, -0.15) is 0 Å². The first-order chi connectivity index (χ1) is 14.8. The molecule has 1 aliphatic rings. The van der Waals surface area contributed by atoms with Crippen LogP contribution in [0.3, 0.4) is 0 Å². The van der Waals surface area contributed by atoms with Crippen LogP contribution in [0.15, 0.2) is 43.0 Å². The molecule has 0 radical (unpaired) electrons. The molecule has 8 heteroatoms. The van der Waals surface area contributed by atoms with Crippen molar-refractivity contribution in [3.05, 3.63) is 48.5 Å². The predicted octanol–water partition coefficient (Wildman–Crippen LogP) is 3.89. The number of amides is 2. The summed E-state index contributed by atoms with van der Waals surface area (Å²) in [7, 11) is 2.96. The molecule has 4 rings (SSSR count). The normalized spacial score (nSPS) is 15.7. The lowest BCUT2D eigenvalue weighted by Crippen LogP contribution is -2.41. The number of ether oxygens (including phenoxy) is 1. The van der Waals surface area contributed by atoms with Crippen LogP contribution in [0.5, 0.6) is 0 Å². The van der Waals surface area contributed by atoms with Gasteiger partial charge in [0.25, 0.3) is 5.91 Å². The van der Waals surface area contributed by atoms with Crippen LogP contribution in [0.25, 0.3) is 16.7 Å². The fraction of sp³-hybridized carbons (Fsp3) is 0.391. The van der Waals surface area contributed by atoms with Gasteiger partial charge in [0.2, 0.25) is 0 Å². The average molecular weight is 422 g/mol. The Morgan fingerprint density at radius 1 is 1.13 bits per heavy atom. The van der Waals surface area contributed by atoms with Crippen molar-refractivity contribution < 1.29 is 14.3 Å². The summed E-state index contributed by atoms with van der Waals surface area (Å²) in [6.07, 6.45) is 8.36. The summed E-state index contributed by atoms with van der Waals surface area (Å²) in [6, 6.07) is 5.65. The Kier molecular flexibility index (Phi) is 5.39. The number of hydrogen-bond acceptors (Lipinski definition) is 5. The van der Waals surface area contributed by atoms with Gasteiger partial charge in [0.15, 0.2) is 0 Å². The number of carbonyl (C=O) groups excluding carboxylic acids is 2. The number of pyridine rings is 2. The zero-order chi connectivity index (χ0) is 22.2. The minimum Gasteiger partial charge on any atom is -0.452 e. The number of anilines is 1. The van der Waals surface area contributed by atoms with Gasteiger partial charge in [-0.3, -0.25) is 19.2 Å². The zero-order valence-corrected chi connectivity index (χ0v) is 18.3. The first-order valence-corrected chi connectivity index (χ1v) is 10.3. The number of likely N-dealkylation sites (tertiary alicyclic amines) is 1. The second-order valence-electron chi connectivity index (χ2n) is 8.71. The molecule has 0 spiro atoms. The maximum atomic E-state index is 13.0. The van der Waals surface area contributed by atoms with Gasteiger partial charge in [-0.1, -0.05) is 13.8 Å². The van der Waals surface area contributed by atoms with Crippen LogP contribution >= 0.6 is 0 Å². The van der Waals surface area contributed by atoms with Crippen LogP contribution in [-0.2, 0) is 4.74 Å². The highest BCUT2D eigenvalue weighted by atomic mass is 16.5. The number of rotatable bonds is 3. The van der Waals surface area contributed by atoms with E-state index in [0.717, 1.165) is 42.7 Å². The largest absolute Gasteiger partial charge is 0.452 e.